The van der Waals surface area contributed by atoms with Crippen LogP contribution in [0, 0.1) is 0 Å². The molecule has 1 aromatic rings. The molecule has 4 N–H and O–H groups in total. The van der Waals surface area contributed by atoms with Crippen molar-refractivity contribution in [3.63, 3.8) is 0 Å². The highest BCUT2D eigenvalue weighted by Gasteiger charge is 2.20. The number of rotatable bonds is 8. The minimum Gasteiger partial charge on any atom is -0.483 e. The summed E-state index contributed by atoms with van der Waals surface area (Å²) in [4.78, 5) is 22.9. The molecule has 0 heterocycles. The molecule has 0 saturated carbocycles. The van der Waals surface area contributed by atoms with Crippen LogP contribution >= 0.6 is 0 Å². The molecule has 0 aliphatic heterocycles. The number of nitrogens with two attached hydrogens (primary N) is 1. The summed E-state index contributed by atoms with van der Waals surface area (Å²) in [6.45, 7) is 3.53. The largest absolute Gasteiger partial charge is 0.483 e. The summed E-state index contributed by atoms with van der Waals surface area (Å²) in [6.07, 6.45) is 1.42. The zero-order chi connectivity index (χ0) is 15.9. The summed E-state index contributed by atoms with van der Waals surface area (Å²) in [5.74, 6) is -0.719. The molecule has 2 amide bonds. The molecule has 0 aromatic heterocycles. The van der Waals surface area contributed by atoms with Gasteiger partial charge in [0, 0.05) is 6.54 Å². The van der Waals surface area contributed by atoms with E-state index in [1.165, 1.54) is 6.07 Å². The maximum Gasteiger partial charge on any atom is 0.258 e. The summed E-state index contributed by atoms with van der Waals surface area (Å²) < 4.78 is 5.29. The lowest BCUT2D eigenvalue weighted by molar-refractivity contribution is -0.124. The van der Waals surface area contributed by atoms with Gasteiger partial charge in [0.1, 0.15) is 5.75 Å². The van der Waals surface area contributed by atoms with Gasteiger partial charge in [-0.25, -0.2) is 0 Å². The second kappa shape index (κ2) is 7.64. The first-order chi connectivity index (χ1) is 9.85. The van der Waals surface area contributed by atoms with E-state index in [1.807, 2.05) is 6.92 Å². The number of primary amides is 1. The van der Waals surface area contributed by atoms with E-state index in [-0.39, 0.29) is 30.4 Å². The Labute approximate surface area is 124 Å². The molecule has 0 aliphatic rings. The van der Waals surface area contributed by atoms with E-state index in [9.17, 15) is 14.7 Å². The SMILES string of the molecule is CCCC(C)(O)CNC(=O)COc1ccccc1C(N)=O. The van der Waals surface area contributed by atoms with Crippen molar-refractivity contribution in [3.05, 3.63) is 29.8 Å². The van der Waals surface area contributed by atoms with Crippen molar-refractivity contribution in [1.29, 1.82) is 0 Å². The number of hydrogen-bond acceptors (Lipinski definition) is 4. The topological polar surface area (TPSA) is 102 Å². The van der Waals surface area contributed by atoms with E-state index in [0.717, 1.165) is 6.42 Å². The first-order valence-electron chi connectivity index (χ1n) is 6.86. The molecule has 0 spiro atoms. The predicted octanol–water partition coefficient (Wildman–Crippen LogP) is 0.832. The lowest BCUT2D eigenvalue weighted by Gasteiger charge is -2.22. The molecule has 0 radical (unpaired) electrons. The predicted molar refractivity (Wildman–Crippen MR) is 79.0 cm³/mol. The molecule has 116 valence electrons. The number of para-hydroxylation sites is 1. The number of benzene rings is 1. The average Bonchev–Trinajstić information content (AvgIpc) is 2.43. The van der Waals surface area contributed by atoms with Gasteiger partial charge in [-0.05, 0) is 25.5 Å². The fourth-order valence-electron chi connectivity index (χ4n) is 1.91. The zero-order valence-electron chi connectivity index (χ0n) is 12.4. The summed E-state index contributed by atoms with van der Waals surface area (Å²) in [5, 5.41) is 12.5. The number of hydrogen-bond donors (Lipinski definition) is 3. The highest BCUT2D eigenvalue weighted by atomic mass is 16.5. The van der Waals surface area contributed by atoms with Crippen LogP contribution in [0.5, 0.6) is 5.75 Å². The van der Waals surface area contributed by atoms with Crippen molar-refractivity contribution in [1.82, 2.24) is 5.32 Å². The first kappa shape index (κ1) is 17.0. The Morgan fingerprint density at radius 1 is 1.38 bits per heavy atom. The maximum atomic E-state index is 11.7. The molecule has 21 heavy (non-hydrogen) atoms. The molecule has 0 fully saturated rings. The van der Waals surface area contributed by atoms with Crippen LogP contribution in [0.25, 0.3) is 0 Å². The van der Waals surface area contributed by atoms with Crippen molar-refractivity contribution in [2.24, 2.45) is 5.73 Å². The van der Waals surface area contributed by atoms with Gasteiger partial charge in [-0.1, -0.05) is 25.5 Å². The van der Waals surface area contributed by atoms with Gasteiger partial charge in [-0.15, -0.1) is 0 Å². The molecule has 1 atom stereocenters. The van der Waals surface area contributed by atoms with Crippen LogP contribution in [0.2, 0.25) is 0 Å². The maximum absolute atomic E-state index is 11.7. The summed E-state index contributed by atoms with van der Waals surface area (Å²) in [5.41, 5.74) is 4.51. The highest BCUT2D eigenvalue weighted by molar-refractivity contribution is 5.95. The summed E-state index contributed by atoms with van der Waals surface area (Å²) in [7, 11) is 0. The molecular formula is C15H22N2O4. The quantitative estimate of drug-likeness (QED) is 0.661. The van der Waals surface area contributed by atoms with Gasteiger partial charge in [0.15, 0.2) is 6.61 Å². The summed E-state index contributed by atoms with van der Waals surface area (Å²) in [6, 6.07) is 6.45. The van der Waals surface area contributed by atoms with E-state index < -0.39 is 11.5 Å². The normalized spacial score (nSPS) is 13.3. The minimum absolute atomic E-state index is 0.153. The zero-order valence-corrected chi connectivity index (χ0v) is 12.4. The number of nitrogens with one attached hydrogen (secondary N) is 1. The third-order valence-corrected chi connectivity index (χ3v) is 2.97. The van der Waals surface area contributed by atoms with Crippen LogP contribution in [0.1, 0.15) is 37.0 Å². The van der Waals surface area contributed by atoms with Crippen LogP contribution in [0.3, 0.4) is 0 Å². The van der Waals surface area contributed by atoms with Crippen molar-refractivity contribution in [3.8, 4) is 5.75 Å². The molecule has 6 heteroatoms. The number of amides is 2. The van der Waals surface area contributed by atoms with Gasteiger partial charge in [0.05, 0.1) is 11.2 Å². The van der Waals surface area contributed by atoms with Crippen molar-refractivity contribution >= 4 is 11.8 Å². The molecule has 1 aromatic carbocycles. The average molecular weight is 294 g/mol. The third-order valence-electron chi connectivity index (χ3n) is 2.97. The smallest absolute Gasteiger partial charge is 0.258 e. The molecule has 1 unspecified atom stereocenters. The second-order valence-corrected chi connectivity index (χ2v) is 5.17. The molecule has 0 aliphatic carbocycles. The van der Waals surface area contributed by atoms with Gasteiger partial charge >= 0.3 is 0 Å². The standard InChI is InChI=1S/C15H22N2O4/c1-3-8-15(2,20)10-17-13(18)9-21-12-7-5-4-6-11(12)14(16)19/h4-7,20H,3,8-10H2,1-2H3,(H2,16,19)(H,17,18). The third kappa shape index (κ3) is 5.83. The monoisotopic (exact) mass is 294 g/mol. The Kier molecular flexibility index (Phi) is 6.17. The van der Waals surface area contributed by atoms with Crippen LogP contribution in [0.4, 0.5) is 0 Å². The van der Waals surface area contributed by atoms with Gasteiger partial charge < -0.3 is 20.9 Å². The van der Waals surface area contributed by atoms with Crippen molar-refractivity contribution in [2.45, 2.75) is 32.3 Å². The van der Waals surface area contributed by atoms with E-state index in [4.69, 9.17) is 10.5 Å². The molecule has 0 bridgehead atoms. The van der Waals surface area contributed by atoms with E-state index in [1.54, 1.807) is 25.1 Å². The van der Waals surface area contributed by atoms with Crippen LogP contribution in [-0.2, 0) is 4.79 Å². The molecule has 0 saturated heterocycles. The van der Waals surface area contributed by atoms with E-state index in [2.05, 4.69) is 5.32 Å². The fraction of sp³-hybridized carbons (Fsp3) is 0.467. The molecule has 1 rings (SSSR count). The Balaban J connectivity index is 2.49. The van der Waals surface area contributed by atoms with E-state index >= 15 is 0 Å². The number of carbonyl (C=O) groups is 2. The van der Waals surface area contributed by atoms with Gasteiger partial charge in [-0.3, -0.25) is 9.59 Å². The molecule has 6 nitrogen and oxygen atoms in total. The van der Waals surface area contributed by atoms with Gasteiger partial charge in [-0.2, -0.15) is 0 Å². The van der Waals surface area contributed by atoms with Gasteiger partial charge in [0.2, 0.25) is 0 Å². The van der Waals surface area contributed by atoms with E-state index in [0.29, 0.717) is 6.42 Å². The fourth-order valence-corrected chi connectivity index (χ4v) is 1.91. The Bertz CT molecular complexity index is 500. The number of aliphatic hydroxyl groups is 1. The van der Waals surface area contributed by atoms with Crippen LogP contribution < -0.4 is 15.8 Å². The van der Waals surface area contributed by atoms with Crippen molar-refractivity contribution < 1.29 is 19.4 Å². The second-order valence-electron chi connectivity index (χ2n) is 5.17. The summed E-state index contributed by atoms with van der Waals surface area (Å²) >= 11 is 0. The van der Waals surface area contributed by atoms with Crippen LogP contribution in [0.15, 0.2) is 24.3 Å². The lowest BCUT2D eigenvalue weighted by atomic mass is 10.0. The van der Waals surface area contributed by atoms with Gasteiger partial charge in [0.25, 0.3) is 11.8 Å². The Morgan fingerprint density at radius 2 is 2.05 bits per heavy atom. The first-order valence-corrected chi connectivity index (χ1v) is 6.86. The Hall–Kier alpha value is -2.08. The highest BCUT2D eigenvalue weighted by Crippen LogP contribution is 2.17. The number of ether oxygens (including phenoxy) is 1. The van der Waals surface area contributed by atoms with Crippen molar-refractivity contribution in [2.75, 3.05) is 13.2 Å². The minimum atomic E-state index is -0.935. The lowest BCUT2D eigenvalue weighted by Crippen LogP contribution is -2.42. The number of carbonyl (C=O) groups excluding carboxylic acids is 2. The molecular weight excluding hydrogens is 272 g/mol. The Morgan fingerprint density at radius 3 is 2.67 bits per heavy atom. The van der Waals surface area contributed by atoms with Crippen LogP contribution in [-0.4, -0.2) is 35.7 Å².